The second kappa shape index (κ2) is 9.08. The smallest absolute Gasteiger partial charge is 0.230 e. The zero-order valence-corrected chi connectivity index (χ0v) is 20.0. The van der Waals surface area contributed by atoms with Gasteiger partial charge in [-0.3, -0.25) is 9.69 Å². The first-order valence-corrected chi connectivity index (χ1v) is 14.2. The van der Waals surface area contributed by atoms with Crippen molar-refractivity contribution in [2.45, 2.75) is 22.8 Å². The molecule has 0 aliphatic heterocycles. The molecular weight excluding hydrogens is 484 g/mol. The van der Waals surface area contributed by atoms with E-state index in [1.54, 1.807) is 36.4 Å². The standard InChI is InChI=1S/C22H20N2O6S3/c1-32(26,27)18-9-10-19-20(14-18)31-22(23-19)24(15-16-6-5-12-30-16)21(25)11-13-33(28,29)17-7-3-2-4-8-17/h2-10,12,14H,11,13,15H2,1H3. The quantitative estimate of drug-likeness (QED) is 0.359. The predicted molar refractivity (Wildman–Crippen MR) is 126 cm³/mol. The molecule has 0 aliphatic rings. The molecule has 0 bridgehead atoms. The third-order valence-electron chi connectivity index (χ3n) is 4.89. The molecule has 0 saturated carbocycles. The van der Waals surface area contributed by atoms with Crippen LogP contribution in [0.1, 0.15) is 12.2 Å². The van der Waals surface area contributed by atoms with Crippen LogP contribution in [0.3, 0.4) is 0 Å². The van der Waals surface area contributed by atoms with Gasteiger partial charge in [-0.2, -0.15) is 0 Å². The SMILES string of the molecule is CS(=O)(=O)c1ccc2nc(N(Cc3ccco3)C(=O)CCS(=O)(=O)c3ccccc3)sc2c1. The van der Waals surface area contributed by atoms with Gasteiger partial charge in [0.25, 0.3) is 0 Å². The highest BCUT2D eigenvalue weighted by molar-refractivity contribution is 7.91. The zero-order valence-electron chi connectivity index (χ0n) is 17.5. The number of amides is 1. The van der Waals surface area contributed by atoms with E-state index >= 15 is 0 Å². The lowest BCUT2D eigenvalue weighted by Gasteiger charge is -2.18. The van der Waals surface area contributed by atoms with Gasteiger partial charge in [-0.05, 0) is 42.5 Å². The predicted octanol–water partition coefficient (Wildman–Crippen LogP) is 3.69. The molecule has 2 heterocycles. The molecule has 0 atom stereocenters. The Hall–Kier alpha value is -3.02. The van der Waals surface area contributed by atoms with Crippen molar-refractivity contribution >= 4 is 52.3 Å². The summed E-state index contributed by atoms with van der Waals surface area (Å²) in [5.41, 5.74) is 0.538. The maximum atomic E-state index is 13.1. The zero-order chi connectivity index (χ0) is 23.6. The second-order valence-electron chi connectivity index (χ2n) is 7.34. The average molecular weight is 505 g/mol. The number of carbonyl (C=O) groups is 1. The summed E-state index contributed by atoms with van der Waals surface area (Å²) in [5.74, 6) is -0.285. The van der Waals surface area contributed by atoms with E-state index in [1.165, 1.54) is 35.4 Å². The van der Waals surface area contributed by atoms with E-state index in [0.29, 0.717) is 21.1 Å². The minimum atomic E-state index is -3.63. The van der Waals surface area contributed by atoms with Crippen molar-refractivity contribution in [1.82, 2.24) is 4.98 Å². The van der Waals surface area contributed by atoms with Crippen molar-refractivity contribution in [2.75, 3.05) is 16.9 Å². The number of furan rings is 1. The Morgan fingerprint density at radius 3 is 2.42 bits per heavy atom. The van der Waals surface area contributed by atoms with Crippen molar-refractivity contribution in [3.63, 3.8) is 0 Å². The van der Waals surface area contributed by atoms with E-state index < -0.39 is 25.6 Å². The number of rotatable bonds is 8. The Kier molecular flexibility index (Phi) is 6.37. The molecule has 0 spiro atoms. The summed E-state index contributed by atoms with van der Waals surface area (Å²) in [6, 6.07) is 15.9. The molecule has 4 rings (SSSR count). The molecule has 0 N–H and O–H groups in total. The van der Waals surface area contributed by atoms with Crippen LogP contribution in [0.5, 0.6) is 0 Å². The van der Waals surface area contributed by atoms with Gasteiger partial charge in [0.1, 0.15) is 5.76 Å². The first-order valence-electron chi connectivity index (χ1n) is 9.85. The molecule has 0 unspecified atom stereocenters. The summed E-state index contributed by atoms with van der Waals surface area (Å²) < 4.78 is 55.0. The van der Waals surface area contributed by atoms with E-state index in [0.717, 1.165) is 17.6 Å². The summed E-state index contributed by atoms with van der Waals surface area (Å²) >= 11 is 1.15. The highest BCUT2D eigenvalue weighted by Gasteiger charge is 2.24. The lowest BCUT2D eigenvalue weighted by Crippen LogP contribution is -2.31. The van der Waals surface area contributed by atoms with Gasteiger partial charge in [-0.25, -0.2) is 21.8 Å². The minimum Gasteiger partial charge on any atom is -0.467 e. The van der Waals surface area contributed by atoms with Gasteiger partial charge in [0, 0.05) is 12.7 Å². The first-order chi connectivity index (χ1) is 15.6. The van der Waals surface area contributed by atoms with Crippen LogP contribution in [0.2, 0.25) is 0 Å². The monoisotopic (exact) mass is 504 g/mol. The molecule has 2 aromatic heterocycles. The first kappa shape index (κ1) is 23.1. The summed E-state index contributed by atoms with van der Waals surface area (Å²) in [7, 11) is -7.03. The van der Waals surface area contributed by atoms with E-state index in [9.17, 15) is 21.6 Å². The molecule has 33 heavy (non-hydrogen) atoms. The van der Waals surface area contributed by atoms with Crippen LogP contribution in [-0.4, -0.2) is 39.7 Å². The molecule has 0 radical (unpaired) electrons. The fraction of sp³-hybridized carbons (Fsp3) is 0.182. The summed E-state index contributed by atoms with van der Waals surface area (Å²) in [6.45, 7) is 0.0654. The van der Waals surface area contributed by atoms with Crippen molar-refractivity contribution in [3.05, 3.63) is 72.7 Å². The number of fused-ring (bicyclic) bond motifs is 1. The number of nitrogens with zero attached hydrogens (tertiary/aromatic N) is 2. The highest BCUT2D eigenvalue weighted by Crippen LogP contribution is 2.32. The van der Waals surface area contributed by atoms with Crippen LogP contribution in [0.4, 0.5) is 5.13 Å². The van der Waals surface area contributed by atoms with Gasteiger partial charge in [-0.1, -0.05) is 29.5 Å². The molecule has 1 amide bonds. The van der Waals surface area contributed by atoms with Gasteiger partial charge in [0.15, 0.2) is 24.8 Å². The van der Waals surface area contributed by atoms with Gasteiger partial charge in [0.05, 0.1) is 38.6 Å². The number of anilines is 1. The highest BCUT2D eigenvalue weighted by atomic mass is 32.2. The van der Waals surface area contributed by atoms with Gasteiger partial charge < -0.3 is 4.42 Å². The third kappa shape index (κ3) is 5.32. The molecule has 4 aromatic rings. The normalized spacial score (nSPS) is 12.2. The van der Waals surface area contributed by atoms with Crippen LogP contribution in [0.25, 0.3) is 10.2 Å². The number of sulfone groups is 2. The molecule has 0 saturated heterocycles. The average Bonchev–Trinajstić information content (AvgIpc) is 3.45. The Balaban J connectivity index is 1.63. The Bertz CT molecular complexity index is 1490. The molecule has 11 heteroatoms. The molecule has 8 nitrogen and oxygen atoms in total. The maximum Gasteiger partial charge on any atom is 0.230 e. The van der Waals surface area contributed by atoms with E-state index in [-0.39, 0.29) is 28.5 Å². The van der Waals surface area contributed by atoms with E-state index in [4.69, 9.17) is 4.42 Å². The van der Waals surface area contributed by atoms with Crippen LogP contribution in [-0.2, 0) is 31.0 Å². The van der Waals surface area contributed by atoms with Gasteiger partial charge in [-0.15, -0.1) is 0 Å². The number of hydrogen-bond donors (Lipinski definition) is 0. The number of thiazole rings is 1. The fourth-order valence-corrected chi connectivity index (χ4v) is 6.16. The molecule has 172 valence electrons. The fourth-order valence-electron chi connectivity index (χ4n) is 3.16. The van der Waals surface area contributed by atoms with Crippen LogP contribution in [0, 0.1) is 0 Å². The van der Waals surface area contributed by atoms with Crippen LogP contribution in [0.15, 0.2) is 81.1 Å². The molecule has 0 aliphatic carbocycles. The minimum absolute atomic E-state index is 0.0654. The van der Waals surface area contributed by atoms with Crippen LogP contribution >= 0.6 is 11.3 Å². The summed E-state index contributed by atoms with van der Waals surface area (Å²) in [5, 5.41) is 0.328. The van der Waals surface area contributed by atoms with E-state index in [1.807, 2.05) is 0 Å². The van der Waals surface area contributed by atoms with Gasteiger partial charge >= 0.3 is 0 Å². The summed E-state index contributed by atoms with van der Waals surface area (Å²) in [4.78, 5) is 19.3. The Labute approximate surface area is 195 Å². The number of hydrogen-bond acceptors (Lipinski definition) is 8. The molecule has 2 aromatic carbocycles. The van der Waals surface area contributed by atoms with Crippen molar-refractivity contribution in [1.29, 1.82) is 0 Å². The Morgan fingerprint density at radius 1 is 1.00 bits per heavy atom. The van der Waals surface area contributed by atoms with E-state index in [2.05, 4.69) is 4.98 Å². The third-order valence-corrected chi connectivity index (χ3v) is 8.77. The lowest BCUT2D eigenvalue weighted by atomic mass is 10.3. The number of benzene rings is 2. The molecular formula is C22H20N2O6S3. The van der Waals surface area contributed by atoms with Gasteiger partial charge in [0.2, 0.25) is 5.91 Å². The topological polar surface area (TPSA) is 115 Å². The number of aromatic nitrogens is 1. The van der Waals surface area contributed by atoms with Crippen molar-refractivity contribution in [3.8, 4) is 0 Å². The largest absolute Gasteiger partial charge is 0.467 e. The lowest BCUT2D eigenvalue weighted by molar-refractivity contribution is -0.118. The molecule has 0 fully saturated rings. The number of carbonyl (C=O) groups excluding carboxylic acids is 1. The second-order valence-corrected chi connectivity index (χ2v) is 12.5. The Morgan fingerprint density at radius 2 is 1.76 bits per heavy atom. The maximum absolute atomic E-state index is 13.1. The van der Waals surface area contributed by atoms with Crippen molar-refractivity contribution in [2.24, 2.45) is 0 Å². The summed E-state index contributed by atoms with van der Waals surface area (Å²) in [6.07, 6.45) is 2.35. The van der Waals surface area contributed by atoms with Crippen LogP contribution < -0.4 is 4.90 Å². The van der Waals surface area contributed by atoms with Crippen molar-refractivity contribution < 1.29 is 26.0 Å².